The fraction of sp³-hybridized carbons (Fsp3) is 1.00. The van der Waals surface area contributed by atoms with Crippen molar-refractivity contribution in [3.8, 4) is 0 Å². The normalized spacial score (nSPS) is 13.9. The molecule has 14 heavy (non-hydrogen) atoms. The molecule has 1 N–H and O–H groups in total. The second-order valence-electron chi connectivity index (χ2n) is 4.51. The molecule has 86 valence electrons. The highest BCUT2D eigenvalue weighted by Gasteiger charge is 2.04. The second-order valence-corrected chi connectivity index (χ2v) is 4.51. The Morgan fingerprint density at radius 2 is 1.64 bits per heavy atom. The van der Waals surface area contributed by atoms with Gasteiger partial charge in [-0.2, -0.15) is 0 Å². The van der Waals surface area contributed by atoms with Gasteiger partial charge < -0.3 is 10.2 Å². The topological polar surface area (TPSA) is 15.3 Å². The van der Waals surface area contributed by atoms with Gasteiger partial charge in [-0.3, -0.25) is 0 Å². The predicted molar refractivity (Wildman–Crippen MR) is 64.7 cm³/mol. The van der Waals surface area contributed by atoms with E-state index < -0.39 is 0 Å². The van der Waals surface area contributed by atoms with Gasteiger partial charge in [-0.25, -0.2) is 0 Å². The van der Waals surface area contributed by atoms with Crippen molar-refractivity contribution in [1.82, 2.24) is 10.2 Å². The molecule has 0 aliphatic rings. The van der Waals surface area contributed by atoms with Crippen molar-refractivity contribution >= 4 is 0 Å². The zero-order valence-electron chi connectivity index (χ0n) is 10.6. The van der Waals surface area contributed by atoms with Crippen LogP contribution < -0.4 is 5.32 Å². The Bertz CT molecular complexity index is 119. The van der Waals surface area contributed by atoms with E-state index in [0.29, 0.717) is 6.04 Å². The second kappa shape index (κ2) is 8.25. The van der Waals surface area contributed by atoms with Gasteiger partial charge in [0, 0.05) is 19.1 Å². The standard InChI is InChI=1S/C12H28N2/c1-6-14(7-2)9-8-13-12(5)10-11(3)4/h11-13H,6-10H2,1-5H3. The molecule has 1 atom stereocenters. The summed E-state index contributed by atoms with van der Waals surface area (Å²) >= 11 is 0. The van der Waals surface area contributed by atoms with Crippen LogP contribution in [0.25, 0.3) is 0 Å². The summed E-state index contributed by atoms with van der Waals surface area (Å²) in [6.07, 6.45) is 1.28. The number of nitrogens with zero attached hydrogens (tertiary/aromatic N) is 1. The third-order valence-electron chi connectivity index (χ3n) is 2.64. The molecule has 2 heteroatoms. The molecule has 0 rings (SSSR count). The van der Waals surface area contributed by atoms with Crippen molar-refractivity contribution in [1.29, 1.82) is 0 Å². The van der Waals surface area contributed by atoms with Crippen LogP contribution in [0.4, 0.5) is 0 Å². The summed E-state index contributed by atoms with van der Waals surface area (Å²) < 4.78 is 0. The average Bonchev–Trinajstić information content (AvgIpc) is 2.11. The summed E-state index contributed by atoms with van der Waals surface area (Å²) in [5.74, 6) is 0.797. The zero-order valence-corrected chi connectivity index (χ0v) is 10.6. The number of rotatable bonds is 8. The highest BCUT2D eigenvalue weighted by Crippen LogP contribution is 2.03. The largest absolute Gasteiger partial charge is 0.313 e. The van der Waals surface area contributed by atoms with E-state index in [1.54, 1.807) is 0 Å². The van der Waals surface area contributed by atoms with Crippen LogP contribution in [0.3, 0.4) is 0 Å². The molecule has 0 saturated heterocycles. The molecule has 0 amide bonds. The van der Waals surface area contributed by atoms with Crippen molar-refractivity contribution in [3.05, 3.63) is 0 Å². The first-order valence-corrected chi connectivity index (χ1v) is 6.05. The van der Waals surface area contributed by atoms with Crippen molar-refractivity contribution < 1.29 is 0 Å². The summed E-state index contributed by atoms with van der Waals surface area (Å²) in [5, 5.41) is 3.57. The maximum Gasteiger partial charge on any atom is 0.0107 e. The molecular weight excluding hydrogens is 172 g/mol. The van der Waals surface area contributed by atoms with Gasteiger partial charge in [0.2, 0.25) is 0 Å². The van der Waals surface area contributed by atoms with E-state index in [0.717, 1.165) is 25.6 Å². The van der Waals surface area contributed by atoms with Crippen LogP contribution in [0, 0.1) is 5.92 Å². The Morgan fingerprint density at radius 1 is 1.07 bits per heavy atom. The van der Waals surface area contributed by atoms with Crippen LogP contribution in [-0.4, -0.2) is 37.1 Å². The Morgan fingerprint density at radius 3 is 2.07 bits per heavy atom. The van der Waals surface area contributed by atoms with Gasteiger partial charge in [0.05, 0.1) is 0 Å². The van der Waals surface area contributed by atoms with E-state index >= 15 is 0 Å². The van der Waals surface area contributed by atoms with E-state index in [2.05, 4.69) is 44.8 Å². The highest BCUT2D eigenvalue weighted by atomic mass is 15.1. The van der Waals surface area contributed by atoms with Gasteiger partial charge >= 0.3 is 0 Å². The molecule has 0 saturated carbocycles. The molecular formula is C12H28N2. The van der Waals surface area contributed by atoms with Crippen LogP contribution in [0.5, 0.6) is 0 Å². The van der Waals surface area contributed by atoms with Crippen molar-refractivity contribution in [2.45, 2.75) is 47.1 Å². The Labute approximate surface area is 90.1 Å². The van der Waals surface area contributed by atoms with Gasteiger partial charge in [-0.15, -0.1) is 0 Å². The maximum atomic E-state index is 3.57. The van der Waals surface area contributed by atoms with Crippen LogP contribution in [-0.2, 0) is 0 Å². The van der Waals surface area contributed by atoms with Crippen molar-refractivity contribution in [2.24, 2.45) is 5.92 Å². The number of hydrogen-bond acceptors (Lipinski definition) is 2. The lowest BCUT2D eigenvalue weighted by Crippen LogP contribution is -2.36. The molecule has 0 aromatic heterocycles. The molecule has 0 aromatic rings. The first kappa shape index (κ1) is 13.9. The van der Waals surface area contributed by atoms with E-state index in [9.17, 15) is 0 Å². The summed E-state index contributed by atoms with van der Waals surface area (Å²) in [4.78, 5) is 2.45. The van der Waals surface area contributed by atoms with Crippen LogP contribution in [0.2, 0.25) is 0 Å². The minimum Gasteiger partial charge on any atom is -0.313 e. The number of hydrogen-bond donors (Lipinski definition) is 1. The first-order valence-electron chi connectivity index (χ1n) is 6.05. The minimum absolute atomic E-state index is 0.658. The Kier molecular flexibility index (Phi) is 8.20. The van der Waals surface area contributed by atoms with Gasteiger partial charge in [0.1, 0.15) is 0 Å². The Hall–Kier alpha value is -0.0800. The summed E-state index contributed by atoms with van der Waals surface area (Å²) in [6.45, 7) is 15.9. The predicted octanol–water partition coefficient (Wildman–Crippen LogP) is 2.35. The number of likely N-dealkylation sites (N-methyl/N-ethyl adjacent to an activating group) is 1. The average molecular weight is 200 g/mol. The monoisotopic (exact) mass is 200 g/mol. The lowest BCUT2D eigenvalue weighted by atomic mass is 10.1. The van der Waals surface area contributed by atoms with Gasteiger partial charge in [0.15, 0.2) is 0 Å². The van der Waals surface area contributed by atoms with Crippen LogP contribution in [0.15, 0.2) is 0 Å². The maximum absolute atomic E-state index is 3.57. The van der Waals surface area contributed by atoms with Crippen LogP contribution in [0.1, 0.15) is 41.0 Å². The zero-order chi connectivity index (χ0) is 11.0. The Balaban J connectivity index is 3.42. The molecule has 0 aromatic carbocycles. The van der Waals surface area contributed by atoms with Gasteiger partial charge in [-0.05, 0) is 32.4 Å². The molecule has 0 aliphatic heterocycles. The fourth-order valence-electron chi connectivity index (χ4n) is 1.80. The summed E-state index contributed by atoms with van der Waals surface area (Å²) in [6, 6.07) is 0.658. The minimum atomic E-state index is 0.658. The third-order valence-corrected chi connectivity index (χ3v) is 2.64. The smallest absolute Gasteiger partial charge is 0.0107 e. The number of nitrogens with one attached hydrogen (secondary N) is 1. The quantitative estimate of drug-likeness (QED) is 0.647. The molecule has 1 unspecified atom stereocenters. The molecule has 0 spiro atoms. The van der Waals surface area contributed by atoms with Crippen LogP contribution >= 0.6 is 0 Å². The molecule has 2 nitrogen and oxygen atoms in total. The summed E-state index contributed by atoms with van der Waals surface area (Å²) in [5.41, 5.74) is 0. The molecule has 0 radical (unpaired) electrons. The van der Waals surface area contributed by atoms with Crippen molar-refractivity contribution in [2.75, 3.05) is 26.2 Å². The fourth-order valence-corrected chi connectivity index (χ4v) is 1.80. The van der Waals surface area contributed by atoms with E-state index in [1.165, 1.54) is 13.0 Å². The first-order chi connectivity index (χ1) is 6.60. The lowest BCUT2D eigenvalue weighted by molar-refractivity contribution is 0.293. The van der Waals surface area contributed by atoms with Gasteiger partial charge in [-0.1, -0.05) is 27.7 Å². The van der Waals surface area contributed by atoms with E-state index in [4.69, 9.17) is 0 Å². The van der Waals surface area contributed by atoms with E-state index in [-0.39, 0.29) is 0 Å². The summed E-state index contributed by atoms with van der Waals surface area (Å²) in [7, 11) is 0. The third kappa shape index (κ3) is 7.34. The molecule has 0 bridgehead atoms. The SMILES string of the molecule is CCN(CC)CCNC(C)CC(C)C. The van der Waals surface area contributed by atoms with Crippen molar-refractivity contribution in [3.63, 3.8) is 0 Å². The van der Waals surface area contributed by atoms with E-state index in [1.807, 2.05) is 0 Å². The molecule has 0 heterocycles. The van der Waals surface area contributed by atoms with Gasteiger partial charge in [0.25, 0.3) is 0 Å². The highest BCUT2D eigenvalue weighted by molar-refractivity contribution is 4.64. The molecule has 0 aliphatic carbocycles. The molecule has 0 fully saturated rings. The lowest BCUT2D eigenvalue weighted by Gasteiger charge is -2.21.